The van der Waals surface area contributed by atoms with Crippen molar-refractivity contribution in [3.8, 4) is 5.75 Å². The van der Waals surface area contributed by atoms with Crippen LogP contribution in [0.3, 0.4) is 0 Å². The second kappa shape index (κ2) is 13.6. The van der Waals surface area contributed by atoms with Gasteiger partial charge in [-0.25, -0.2) is 0 Å². The topological polar surface area (TPSA) is 64.6 Å². The lowest BCUT2D eigenvalue weighted by Crippen LogP contribution is -2.45. The van der Waals surface area contributed by atoms with Crippen molar-refractivity contribution < 1.29 is 33.2 Å². The van der Waals surface area contributed by atoms with Crippen LogP contribution in [0.15, 0.2) is 78.9 Å². The van der Waals surface area contributed by atoms with E-state index < -0.39 is 30.4 Å². The predicted molar refractivity (Wildman–Crippen MR) is 154 cm³/mol. The van der Waals surface area contributed by atoms with E-state index in [0.29, 0.717) is 26.4 Å². The van der Waals surface area contributed by atoms with Crippen LogP contribution in [0.5, 0.6) is 5.75 Å². The maximum Gasteiger partial charge on any atom is 0.190 e. The summed E-state index contributed by atoms with van der Waals surface area (Å²) in [4.78, 5) is 0. The molecule has 7 nitrogen and oxygen atoms in total. The van der Waals surface area contributed by atoms with E-state index in [0.717, 1.165) is 27.8 Å². The SMILES string of the molecule is COc1ccc(CO[C@H](COCc2cccc(CBr)c2)[C@H]2O[C@@H]3OC(C)(C)O[C@@H]3[C@H]2OCc2ccccc2)cc1. The fourth-order valence-electron chi connectivity index (χ4n) is 5.02. The first kappa shape index (κ1) is 29.2. The monoisotopic (exact) mass is 612 g/mol. The molecule has 5 rings (SSSR count). The molecule has 5 atom stereocenters. The van der Waals surface area contributed by atoms with Gasteiger partial charge in [0.2, 0.25) is 0 Å². The molecule has 2 saturated heterocycles. The molecule has 0 radical (unpaired) electrons. The van der Waals surface area contributed by atoms with Gasteiger partial charge in [-0.15, -0.1) is 0 Å². The minimum Gasteiger partial charge on any atom is -0.497 e. The van der Waals surface area contributed by atoms with Gasteiger partial charge in [-0.05, 0) is 48.2 Å². The van der Waals surface area contributed by atoms with Gasteiger partial charge in [0, 0.05) is 5.33 Å². The molecule has 0 bridgehead atoms. The number of fused-ring (bicyclic) bond motifs is 1. The first-order chi connectivity index (χ1) is 19.4. The van der Waals surface area contributed by atoms with E-state index in [2.05, 4.69) is 34.1 Å². The summed E-state index contributed by atoms with van der Waals surface area (Å²) in [6, 6.07) is 26.2. The number of benzene rings is 3. The molecule has 0 aromatic heterocycles. The van der Waals surface area contributed by atoms with E-state index in [1.54, 1.807) is 7.11 Å². The van der Waals surface area contributed by atoms with Crippen LogP contribution in [0.1, 0.15) is 36.1 Å². The Morgan fingerprint density at radius 3 is 2.30 bits per heavy atom. The van der Waals surface area contributed by atoms with Gasteiger partial charge in [-0.3, -0.25) is 0 Å². The lowest BCUT2D eigenvalue weighted by Gasteiger charge is -2.31. The molecule has 0 amide bonds. The first-order valence-corrected chi connectivity index (χ1v) is 14.7. The number of hydrogen-bond acceptors (Lipinski definition) is 7. The number of alkyl halides is 1. The average Bonchev–Trinajstić information content (AvgIpc) is 3.45. The number of rotatable bonds is 13. The lowest BCUT2D eigenvalue weighted by atomic mass is 10.1. The van der Waals surface area contributed by atoms with Crippen molar-refractivity contribution in [2.24, 2.45) is 0 Å². The fourth-order valence-corrected chi connectivity index (χ4v) is 5.37. The molecule has 3 aromatic rings. The van der Waals surface area contributed by atoms with Gasteiger partial charge in [0.1, 0.15) is 30.2 Å². The van der Waals surface area contributed by atoms with Crippen LogP contribution in [0.2, 0.25) is 0 Å². The average molecular weight is 614 g/mol. The lowest BCUT2D eigenvalue weighted by molar-refractivity contribution is -0.238. The minimum atomic E-state index is -0.759. The van der Waals surface area contributed by atoms with E-state index in [9.17, 15) is 0 Å². The zero-order chi connectivity index (χ0) is 28.0. The van der Waals surface area contributed by atoms with Crippen molar-refractivity contribution in [1.82, 2.24) is 0 Å². The maximum absolute atomic E-state index is 6.48. The highest BCUT2D eigenvalue weighted by atomic mass is 79.9. The highest BCUT2D eigenvalue weighted by Crippen LogP contribution is 2.40. The van der Waals surface area contributed by atoms with Gasteiger partial charge in [0.25, 0.3) is 0 Å². The zero-order valence-electron chi connectivity index (χ0n) is 23.2. The Morgan fingerprint density at radius 2 is 1.55 bits per heavy atom. The number of methoxy groups -OCH3 is 1. The molecule has 0 spiro atoms. The van der Waals surface area contributed by atoms with Gasteiger partial charge in [-0.2, -0.15) is 0 Å². The Kier molecular flexibility index (Phi) is 9.91. The number of halogens is 1. The molecular formula is C32H37BrO7. The number of ether oxygens (including phenoxy) is 7. The molecule has 8 heteroatoms. The third kappa shape index (κ3) is 7.50. The largest absolute Gasteiger partial charge is 0.497 e. The molecule has 3 aromatic carbocycles. The Balaban J connectivity index is 1.32. The summed E-state index contributed by atoms with van der Waals surface area (Å²) in [5.41, 5.74) is 4.39. The van der Waals surface area contributed by atoms with Crippen LogP contribution in [0.25, 0.3) is 0 Å². The Labute approximate surface area is 244 Å². The summed E-state index contributed by atoms with van der Waals surface area (Å²) in [6.45, 7) is 5.35. The Hall–Kier alpha value is -2.30. The zero-order valence-corrected chi connectivity index (χ0v) is 24.7. The molecule has 214 valence electrons. The predicted octanol–water partition coefficient (Wildman–Crippen LogP) is 6.15. The summed E-state index contributed by atoms with van der Waals surface area (Å²) in [7, 11) is 1.65. The molecule has 40 heavy (non-hydrogen) atoms. The molecule has 0 aliphatic carbocycles. The summed E-state index contributed by atoms with van der Waals surface area (Å²) < 4.78 is 43.3. The number of hydrogen-bond donors (Lipinski definition) is 0. The molecule has 0 N–H and O–H groups in total. The van der Waals surface area contributed by atoms with Crippen molar-refractivity contribution in [2.45, 2.75) is 75.5 Å². The van der Waals surface area contributed by atoms with E-state index >= 15 is 0 Å². The Morgan fingerprint density at radius 1 is 0.825 bits per heavy atom. The summed E-state index contributed by atoms with van der Waals surface area (Å²) in [6.07, 6.45) is -2.23. The van der Waals surface area contributed by atoms with Crippen molar-refractivity contribution in [3.63, 3.8) is 0 Å². The van der Waals surface area contributed by atoms with E-state index in [-0.39, 0.29) is 6.10 Å². The Bertz CT molecular complexity index is 1200. The second-order valence-electron chi connectivity index (χ2n) is 10.5. The molecule has 2 aliphatic heterocycles. The quantitative estimate of drug-likeness (QED) is 0.214. The van der Waals surface area contributed by atoms with Gasteiger partial charge in [0.15, 0.2) is 12.1 Å². The molecule has 2 heterocycles. The van der Waals surface area contributed by atoms with Crippen LogP contribution in [-0.2, 0) is 53.6 Å². The fraction of sp³-hybridized carbons (Fsp3) is 0.438. The normalized spacial score (nSPS) is 24.1. The van der Waals surface area contributed by atoms with Gasteiger partial charge >= 0.3 is 0 Å². The summed E-state index contributed by atoms with van der Waals surface area (Å²) >= 11 is 3.53. The second-order valence-corrected chi connectivity index (χ2v) is 11.1. The van der Waals surface area contributed by atoms with Crippen LogP contribution >= 0.6 is 15.9 Å². The highest BCUT2D eigenvalue weighted by molar-refractivity contribution is 9.08. The van der Waals surface area contributed by atoms with E-state index in [1.807, 2.05) is 74.5 Å². The maximum atomic E-state index is 6.48. The molecule has 2 fully saturated rings. The minimum absolute atomic E-state index is 0.313. The summed E-state index contributed by atoms with van der Waals surface area (Å²) in [5.74, 6) is 0.0398. The van der Waals surface area contributed by atoms with Crippen LogP contribution < -0.4 is 4.74 Å². The van der Waals surface area contributed by atoms with E-state index in [4.69, 9.17) is 33.2 Å². The third-order valence-corrected chi connectivity index (χ3v) is 7.65. The first-order valence-electron chi connectivity index (χ1n) is 13.6. The molecule has 0 saturated carbocycles. The smallest absolute Gasteiger partial charge is 0.190 e. The van der Waals surface area contributed by atoms with Gasteiger partial charge < -0.3 is 33.2 Å². The molecular weight excluding hydrogens is 576 g/mol. The molecule has 2 aliphatic rings. The van der Waals surface area contributed by atoms with Crippen LogP contribution in [0.4, 0.5) is 0 Å². The highest BCUT2D eigenvalue weighted by Gasteiger charge is 2.57. The van der Waals surface area contributed by atoms with Crippen molar-refractivity contribution in [1.29, 1.82) is 0 Å². The van der Waals surface area contributed by atoms with Gasteiger partial charge in [-0.1, -0.05) is 82.7 Å². The van der Waals surface area contributed by atoms with Crippen LogP contribution in [-0.4, -0.2) is 50.2 Å². The van der Waals surface area contributed by atoms with E-state index in [1.165, 1.54) is 5.56 Å². The van der Waals surface area contributed by atoms with Gasteiger partial charge in [0.05, 0.1) is 33.5 Å². The standard InChI is InChI=1S/C32H37BrO7/c1-32(2)39-30-29(37-20-22-8-5-4-6-9-22)28(38-31(30)40-32)27(36-19-23-12-14-26(34-3)15-13-23)21-35-18-25-11-7-10-24(16-25)17-33/h4-16,27-31H,17-21H2,1-3H3/t27-,28-,29+,30-,31-/m1/s1. The van der Waals surface area contributed by atoms with Crippen molar-refractivity contribution >= 4 is 15.9 Å². The van der Waals surface area contributed by atoms with Crippen LogP contribution in [0, 0.1) is 0 Å². The summed E-state index contributed by atoms with van der Waals surface area (Å²) in [5, 5.41) is 0.796. The molecule has 0 unspecified atom stereocenters. The van der Waals surface area contributed by atoms with Crippen molar-refractivity contribution in [3.05, 3.63) is 101 Å². The third-order valence-electron chi connectivity index (χ3n) is 7.00. The van der Waals surface area contributed by atoms with Crippen molar-refractivity contribution in [2.75, 3.05) is 13.7 Å².